The first-order valence-corrected chi connectivity index (χ1v) is 6.42. The maximum absolute atomic E-state index is 13.6. The highest BCUT2D eigenvalue weighted by Crippen LogP contribution is 2.34. The van der Waals surface area contributed by atoms with Gasteiger partial charge in [0.1, 0.15) is 5.82 Å². The molecular formula is C14H17F3O. The van der Waals surface area contributed by atoms with E-state index in [4.69, 9.17) is 0 Å². The van der Waals surface area contributed by atoms with E-state index in [1.165, 1.54) is 0 Å². The molecule has 1 aliphatic carbocycles. The molecule has 1 nitrogen and oxygen atoms in total. The number of aliphatic hydroxyl groups excluding tert-OH is 1. The SMILES string of the molecule is O[C@H](c1cc(F)c(F)cc1F)C1CCCCCC1. The van der Waals surface area contributed by atoms with Gasteiger partial charge in [0.05, 0.1) is 6.10 Å². The third-order valence-corrected chi connectivity index (χ3v) is 3.70. The summed E-state index contributed by atoms with van der Waals surface area (Å²) in [5.41, 5.74) is -0.124. The third-order valence-electron chi connectivity index (χ3n) is 3.70. The van der Waals surface area contributed by atoms with E-state index in [9.17, 15) is 18.3 Å². The number of hydrogen-bond donors (Lipinski definition) is 1. The van der Waals surface area contributed by atoms with Gasteiger partial charge in [0.15, 0.2) is 11.6 Å². The van der Waals surface area contributed by atoms with Crippen molar-refractivity contribution in [2.24, 2.45) is 5.92 Å². The van der Waals surface area contributed by atoms with Crippen molar-refractivity contribution >= 4 is 0 Å². The zero-order valence-electron chi connectivity index (χ0n) is 10.1. The molecule has 0 aromatic heterocycles. The summed E-state index contributed by atoms with van der Waals surface area (Å²) in [7, 11) is 0. The number of aliphatic hydroxyl groups is 1. The fourth-order valence-electron chi connectivity index (χ4n) is 2.65. The molecule has 0 saturated heterocycles. The molecule has 0 unspecified atom stereocenters. The monoisotopic (exact) mass is 258 g/mol. The Morgan fingerprint density at radius 2 is 1.44 bits per heavy atom. The van der Waals surface area contributed by atoms with Gasteiger partial charge in [-0.25, -0.2) is 13.2 Å². The lowest BCUT2D eigenvalue weighted by atomic mass is 9.89. The van der Waals surface area contributed by atoms with Crippen LogP contribution in [0, 0.1) is 23.4 Å². The van der Waals surface area contributed by atoms with Gasteiger partial charge in [-0.05, 0) is 24.8 Å². The molecule has 4 heteroatoms. The van der Waals surface area contributed by atoms with E-state index in [0.29, 0.717) is 6.07 Å². The average molecular weight is 258 g/mol. The zero-order valence-corrected chi connectivity index (χ0v) is 10.1. The van der Waals surface area contributed by atoms with Gasteiger partial charge in [0.25, 0.3) is 0 Å². The molecule has 0 amide bonds. The van der Waals surface area contributed by atoms with Crippen molar-refractivity contribution in [3.05, 3.63) is 35.1 Å². The maximum atomic E-state index is 13.6. The normalized spacial score (nSPS) is 19.6. The number of hydrogen-bond acceptors (Lipinski definition) is 1. The highest BCUT2D eigenvalue weighted by molar-refractivity contribution is 5.22. The van der Waals surface area contributed by atoms with Crippen molar-refractivity contribution in [1.82, 2.24) is 0 Å². The van der Waals surface area contributed by atoms with Crippen LogP contribution in [0.1, 0.15) is 50.2 Å². The summed E-state index contributed by atoms with van der Waals surface area (Å²) in [5, 5.41) is 10.1. The maximum Gasteiger partial charge on any atom is 0.161 e. The standard InChI is InChI=1S/C14H17F3O/c15-11-8-13(17)12(16)7-10(11)14(18)9-5-3-1-2-4-6-9/h7-9,14,18H,1-6H2/t14-/m0/s1. The van der Waals surface area contributed by atoms with E-state index in [2.05, 4.69) is 0 Å². The first kappa shape index (κ1) is 13.4. The van der Waals surface area contributed by atoms with Crippen LogP contribution in [0.2, 0.25) is 0 Å². The highest BCUT2D eigenvalue weighted by Gasteiger charge is 2.25. The molecule has 0 spiro atoms. The summed E-state index contributed by atoms with van der Waals surface area (Å²) in [6.07, 6.45) is 4.78. The molecule has 0 bridgehead atoms. The van der Waals surface area contributed by atoms with Crippen LogP contribution in [0.3, 0.4) is 0 Å². The van der Waals surface area contributed by atoms with Gasteiger partial charge in [-0.2, -0.15) is 0 Å². The van der Waals surface area contributed by atoms with Crippen molar-refractivity contribution in [2.45, 2.75) is 44.6 Å². The van der Waals surface area contributed by atoms with Crippen LogP contribution in [-0.2, 0) is 0 Å². The van der Waals surface area contributed by atoms with Crippen molar-refractivity contribution in [3.63, 3.8) is 0 Å². The van der Waals surface area contributed by atoms with Crippen LogP contribution in [0.15, 0.2) is 12.1 Å². The Labute approximate surface area is 105 Å². The fraction of sp³-hybridized carbons (Fsp3) is 0.571. The molecule has 0 heterocycles. The lowest BCUT2D eigenvalue weighted by Crippen LogP contribution is -2.14. The summed E-state index contributed by atoms with van der Waals surface area (Å²) in [4.78, 5) is 0. The predicted molar refractivity (Wildman–Crippen MR) is 62.5 cm³/mol. The van der Waals surface area contributed by atoms with Crippen molar-refractivity contribution in [2.75, 3.05) is 0 Å². The summed E-state index contributed by atoms with van der Waals surface area (Å²) in [6, 6.07) is 1.28. The zero-order chi connectivity index (χ0) is 13.1. The second-order valence-electron chi connectivity index (χ2n) is 4.98. The first-order chi connectivity index (χ1) is 8.59. The molecule has 1 aromatic carbocycles. The molecule has 0 aliphatic heterocycles. The minimum atomic E-state index is -1.22. The van der Waals surface area contributed by atoms with Crippen LogP contribution in [0.25, 0.3) is 0 Å². The molecule has 0 radical (unpaired) electrons. The predicted octanol–water partition coefficient (Wildman–Crippen LogP) is 4.11. The Bertz CT molecular complexity index is 412. The molecule has 1 atom stereocenters. The van der Waals surface area contributed by atoms with Crippen LogP contribution in [-0.4, -0.2) is 5.11 Å². The average Bonchev–Trinajstić information content (AvgIpc) is 2.61. The largest absolute Gasteiger partial charge is 0.388 e. The van der Waals surface area contributed by atoms with E-state index in [1.807, 2.05) is 0 Å². The molecule has 1 saturated carbocycles. The fourth-order valence-corrected chi connectivity index (χ4v) is 2.65. The van der Waals surface area contributed by atoms with E-state index < -0.39 is 23.6 Å². The number of benzene rings is 1. The Balaban J connectivity index is 2.21. The van der Waals surface area contributed by atoms with Crippen molar-refractivity contribution in [1.29, 1.82) is 0 Å². The molecule has 1 aliphatic rings. The molecular weight excluding hydrogens is 241 g/mol. The van der Waals surface area contributed by atoms with Crippen LogP contribution in [0.4, 0.5) is 13.2 Å². The van der Waals surface area contributed by atoms with Crippen molar-refractivity contribution < 1.29 is 18.3 Å². The highest BCUT2D eigenvalue weighted by atomic mass is 19.2. The molecule has 1 N–H and O–H groups in total. The molecule has 2 rings (SSSR count). The summed E-state index contributed by atoms with van der Waals surface area (Å²) in [6.45, 7) is 0. The molecule has 18 heavy (non-hydrogen) atoms. The number of rotatable bonds is 2. The lowest BCUT2D eigenvalue weighted by molar-refractivity contribution is 0.0947. The lowest BCUT2D eigenvalue weighted by Gasteiger charge is -2.22. The van der Waals surface area contributed by atoms with E-state index in [0.717, 1.165) is 44.6 Å². The van der Waals surface area contributed by atoms with E-state index in [-0.39, 0.29) is 11.5 Å². The van der Waals surface area contributed by atoms with Gasteiger partial charge in [-0.1, -0.05) is 25.7 Å². The molecule has 100 valence electrons. The van der Waals surface area contributed by atoms with Gasteiger partial charge in [-0.15, -0.1) is 0 Å². The van der Waals surface area contributed by atoms with Gasteiger partial charge < -0.3 is 5.11 Å². The Kier molecular flexibility index (Phi) is 4.27. The second-order valence-corrected chi connectivity index (χ2v) is 4.98. The topological polar surface area (TPSA) is 20.2 Å². The minimum Gasteiger partial charge on any atom is -0.388 e. The van der Waals surface area contributed by atoms with Crippen LogP contribution in [0.5, 0.6) is 0 Å². The molecule has 1 aromatic rings. The van der Waals surface area contributed by atoms with E-state index >= 15 is 0 Å². The van der Waals surface area contributed by atoms with Gasteiger partial charge >= 0.3 is 0 Å². The van der Waals surface area contributed by atoms with Gasteiger partial charge in [0.2, 0.25) is 0 Å². The summed E-state index contributed by atoms with van der Waals surface area (Å²) < 4.78 is 39.5. The molecule has 1 fully saturated rings. The first-order valence-electron chi connectivity index (χ1n) is 6.42. The Morgan fingerprint density at radius 3 is 2.06 bits per heavy atom. The summed E-state index contributed by atoms with van der Waals surface area (Å²) >= 11 is 0. The van der Waals surface area contributed by atoms with Crippen LogP contribution < -0.4 is 0 Å². The van der Waals surface area contributed by atoms with Gasteiger partial charge in [0, 0.05) is 11.6 Å². The quantitative estimate of drug-likeness (QED) is 0.625. The van der Waals surface area contributed by atoms with Gasteiger partial charge in [-0.3, -0.25) is 0 Å². The second kappa shape index (κ2) is 5.74. The van der Waals surface area contributed by atoms with Crippen LogP contribution >= 0.6 is 0 Å². The van der Waals surface area contributed by atoms with Crippen molar-refractivity contribution in [3.8, 4) is 0 Å². The van der Waals surface area contributed by atoms with E-state index in [1.54, 1.807) is 0 Å². The third kappa shape index (κ3) is 2.86. The Hall–Kier alpha value is -1.03. The smallest absolute Gasteiger partial charge is 0.161 e. The number of halogens is 3. The minimum absolute atomic E-state index is 0.0631. The summed E-state index contributed by atoms with van der Waals surface area (Å²) in [5.74, 6) is -3.26. The Morgan fingerprint density at radius 1 is 0.889 bits per heavy atom.